The molecule has 0 spiro atoms. The van der Waals surface area contributed by atoms with Crippen molar-refractivity contribution >= 4 is 28.3 Å². The molecule has 104 valence electrons. The lowest BCUT2D eigenvalue weighted by Crippen LogP contribution is -2.28. The summed E-state index contributed by atoms with van der Waals surface area (Å²) in [6, 6.07) is 0. The van der Waals surface area contributed by atoms with E-state index in [-0.39, 0.29) is 12.3 Å². The average Bonchev–Trinajstić information content (AvgIpc) is 2.97. The van der Waals surface area contributed by atoms with Crippen molar-refractivity contribution in [1.29, 1.82) is 0 Å². The van der Waals surface area contributed by atoms with E-state index in [0.29, 0.717) is 17.6 Å². The van der Waals surface area contributed by atoms with Gasteiger partial charge in [0.15, 0.2) is 0 Å². The molecule has 0 radical (unpaired) electrons. The standard InChI is InChI=1S/C12H18N4O2S/c1-3-7(4-2)11-14-15-12(19-11)16-6-8(10(13)18)5-9(16)17/h7-8H,3-6H2,1-2H3,(H2,13,18). The predicted molar refractivity (Wildman–Crippen MR) is 72.9 cm³/mol. The van der Waals surface area contributed by atoms with Crippen LogP contribution in [0.2, 0.25) is 0 Å². The topological polar surface area (TPSA) is 89.2 Å². The summed E-state index contributed by atoms with van der Waals surface area (Å²) < 4.78 is 0. The summed E-state index contributed by atoms with van der Waals surface area (Å²) in [6.45, 7) is 4.55. The van der Waals surface area contributed by atoms with Gasteiger partial charge in [-0.15, -0.1) is 10.2 Å². The summed E-state index contributed by atoms with van der Waals surface area (Å²) in [5, 5.41) is 9.78. The summed E-state index contributed by atoms with van der Waals surface area (Å²) >= 11 is 1.44. The van der Waals surface area contributed by atoms with Crippen LogP contribution in [-0.2, 0) is 9.59 Å². The molecule has 2 heterocycles. The van der Waals surface area contributed by atoms with E-state index < -0.39 is 11.8 Å². The Morgan fingerprint density at radius 2 is 2.16 bits per heavy atom. The van der Waals surface area contributed by atoms with Gasteiger partial charge in [-0.2, -0.15) is 0 Å². The normalized spacial score (nSPS) is 19.4. The maximum Gasteiger partial charge on any atom is 0.229 e. The number of rotatable bonds is 5. The summed E-state index contributed by atoms with van der Waals surface area (Å²) in [6.07, 6.45) is 2.18. The van der Waals surface area contributed by atoms with Crippen molar-refractivity contribution in [3.63, 3.8) is 0 Å². The zero-order valence-corrected chi connectivity index (χ0v) is 11.9. The highest BCUT2D eigenvalue weighted by Crippen LogP contribution is 2.32. The molecule has 1 aliphatic rings. The number of primary amides is 1. The van der Waals surface area contributed by atoms with Crippen LogP contribution in [0.15, 0.2) is 0 Å². The van der Waals surface area contributed by atoms with Crippen LogP contribution in [0.5, 0.6) is 0 Å². The first-order valence-corrected chi connectivity index (χ1v) is 7.31. The Bertz CT molecular complexity index is 484. The second kappa shape index (κ2) is 5.64. The quantitative estimate of drug-likeness (QED) is 0.881. The fourth-order valence-corrected chi connectivity index (χ4v) is 3.36. The van der Waals surface area contributed by atoms with Gasteiger partial charge in [-0.3, -0.25) is 14.5 Å². The highest BCUT2D eigenvalue weighted by Gasteiger charge is 2.35. The molecule has 2 N–H and O–H groups in total. The number of hydrogen-bond donors (Lipinski definition) is 1. The van der Waals surface area contributed by atoms with E-state index in [0.717, 1.165) is 17.8 Å². The molecule has 1 unspecified atom stereocenters. The van der Waals surface area contributed by atoms with E-state index in [1.165, 1.54) is 16.2 Å². The number of aromatic nitrogens is 2. The molecule has 6 nitrogen and oxygen atoms in total. The third-order valence-corrected chi connectivity index (χ3v) is 4.63. The molecule has 2 amide bonds. The van der Waals surface area contributed by atoms with Crippen molar-refractivity contribution in [2.75, 3.05) is 11.4 Å². The van der Waals surface area contributed by atoms with Gasteiger partial charge in [-0.05, 0) is 12.8 Å². The molecule has 1 aromatic heterocycles. The highest BCUT2D eigenvalue weighted by molar-refractivity contribution is 7.15. The zero-order chi connectivity index (χ0) is 14.0. The number of amides is 2. The van der Waals surface area contributed by atoms with Gasteiger partial charge in [0.25, 0.3) is 0 Å². The SMILES string of the molecule is CCC(CC)c1nnc(N2CC(C(N)=O)CC2=O)s1. The van der Waals surface area contributed by atoms with Crippen LogP contribution in [0.25, 0.3) is 0 Å². The smallest absolute Gasteiger partial charge is 0.229 e. The van der Waals surface area contributed by atoms with E-state index in [9.17, 15) is 9.59 Å². The summed E-state index contributed by atoms with van der Waals surface area (Å²) in [4.78, 5) is 24.5. The van der Waals surface area contributed by atoms with Gasteiger partial charge in [0.2, 0.25) is 16.9 Å². The van der Waals surface area contributed by atoms with Crippen molar-refractivity contribution in [3.8, 4) is 0 Å². The van der Waals surface area contributed by atoms with Gasteiger partial charge < -0.3 is 5.73 Å². The van der Waals surface area contributed by atoms with Crippen LogP contribution in [0.3, 0.4) is 0 Å². The predicted octanol–water partition coefficient (Wildman–Crippen LogP) is 1.28. The molecule has 0 aromatic carbocycles. The summed E-state index contributed by atoms with van der Waals surface area (Å²) in [7, 11) is 0. The van der Waals surface area contributed by atoms with Gasteiger partial charge in [-0.25, -0.2) is 0 Å². The number of nitrogens with two attached hydrogens (primary N) is 1. The number of hydrogen-bond acceptors (Lipinski definition) is 5. The first kappa shape index (κ1) is 13.9. The van der Waals surface area contributed by atoms with Crippen molar-refractivity contribution in [2.45, 2.75) is 39.0 Å². The van der Waals surface area contributed by atoms with Crippen LogP contribution in [0.1, 0.15) is 44.0 Å². The lowest BCUT2D eigenvalue weighted by atomic mass is 10.1. The fraction of sp³-hybridized carbons (Fsp3) is 0.667. The van der Waals surface area contributed by atoms with E-state index in [4.69, 9.17) is 5.73 Å². The summed E-state index contributed by atoms with van der Waals surface area (Å²) in [5.41, 5.74) is 5.25. The minimum Gasteiger partial charge on any atom is -0.369 e. The molecule has 1 aliphatic heterocycles. The summed E-state index contributed by atoms with van der Waals surface area (Å²) in [5.74, 6) is -0.555. The van der Waals surface area contributed by atoms with Crippen LogP contribution in [0.4, 0.5) is 5.13 Å². The molecule has 2 rings (SSSR count). The van der Waals surface area contributed by atoms with E-state index in [1.807, 2.05) is 0 Å². The molecular weight excluding hydrogens is 264 g/mol. The van der Waals surface area contributed by atoms with Crippen molar-refractivity contribution in [3.05, 3.63) is 5.01 Å². The van der Waals surface area contributed by atoms with Gasteiger partial charge >= 0.3 is 0 Å². The number of carbonyl (C=O) groups is 2. The molecule has 0 bridgehead atoms. The molecule has 1 aromatic rings. The minimum absolute atomic E-state index is 0.101. The Kier molecular flexibility index (Phi) is 4.14. The van der Waals surface area contributed by atoms with Crippen LogP contribution in [0, 0.1) is 5.92 Å². The molecule has 0 saturated carbocycles. The maximum atomic E-state index is 11.9. The Balaban J connectivity index is 2.15. The van der Waals surface area contributed by atoms with Crippen molar-refractivity contribution in [1.82, 2.24) is 10.2 Å². The molecular formula is C12H18N4O2S. The average molecular weight is 282 g/mol. The van der Waals surface area contributed by atoms with E-state index >= 15 is 0 Å². The lowest BCUT2D eigenvalue weighted by Gasteiger charge is -2.11. The van der Waals surface area contributed by atoms with Crippen LogP contribution >= 0.6 is 11.3 Å². The molecule has 0 aliphatic carbocycles. The van der Waals surface area contributed by atoms with Crippen LogP contribution < -0.4 is 10.6 Å². The van der Waals surface area contributed by atoms with E-state index in [1.54, 1.807) is 0 Å². The van der Waals surface area contributed by atoms with Gasteiger partial charge in [0.05, 0.1) is 5.92 Å². The van der Waals surface area contributed by atoms with Crippen LogP contribution in [-0.4, -0.2) is 28.6 Å². The number of anilines is 1. The Labute approximate surface area is 116 Å². The third-order valence-electron chi connectivity index (χ3n) is 3.52. The zero-order valence-electron chi connectivity index (χ0n) is 11.1. The second-order valence-corrected chi connectivity index (χ2v) is 5.73. The molecule has 1 atom stereocenters. The number of carbonyl (C=O) groups excluding carboxylic acids is 2. The first-order chi connectivity index (χ1) is 9.06. The highest BCUT2D eigenvalue weighted by atomic mass is 32.1. The maximum absolute atomic E-state index is 11.9. The van der Waals surface area contributed by atoms with Crippen molar-refractivity contribution in [2.24, 2.45) is 11.7 Å². The Morgan fingerprint density at radius 1 is 1.47 bits per heavy atom. The van der Waals surface area contributed by atoms with Crippen molar-refractivity contribution < 1.29 is 9.59 Å². The Morgan fingerprint density at radius 3 is 2.68 bits per heavy atom. The lowest BCUT2D eigenvalue weighted by molar-refractivity contribution is -0.123. The van der Waals surface area contributed by atoms with Gasteiger partial charge in [0.1, 0.15) is 5.01 Å². The first-order valence-electron chi connectivity index (χ1n) is 6.49. The van der Waals surface area contributed by atoms with E-state index in [2.05, 4.69) is 24.0 Å². The third kappa shape index (κ3) is 2.75. The molecule has 19 heavy (non-hydrogen) atoms. The van der Waals surface area contributed by atoms with Gasteiger partial charge in [0, 0.05) is 18.9 Å². The van der Waals surface area contributed by atoms with Gasteiger partial charge in [-0.1, -0.05) is 25.2 Å². The molecule has 1 saturated heterocycles. The fourth-order valence-electron chi connectivity index (χ4n) is 2.22. The minimum atomic E-state index is -0.430. The second-order valence-electron chi connectivity index (χ2n) is 4.74. The molecule has 1 fully saturated rings. The monoisotopic (exact) mass is 282 g/mol. The Hall–Kier alpha value is -1.50. The number of nitrogens with zero attached hydrogens (tertiary/aromatic N) is 3. The largest absolute Gasteiger partial charge is 0.369 e. The molecule has 7 heteroatoms.